The second-order valence-electron chi connectivity index (χ2n) is 25.4. The lowest BCUT2D eigenvalue weighted by molar-refractivity contribution is 0.149. The van der Waals surface area contributed by atoms with Gasteiger partial charge in [-0.05, 0) is 40.4 Å². The number of benzene rings is 3. The van der Waals surface area contributed by atoms with E-state index < -0.39 is 12.3 Å². The Kier molecular flexibility index (Phi) is 24.5. The fraction of sp³-hybridized carbons (Fsp3) is 0.522. The fourth-order valence-corrected chi connectivity index (χ4v) is 14.1. The van der Waals surface area contributed by atoms with Crippen LogP contribution in [-0.2, 0) is 19.6 Å². The first-order valence-corrected chi connectivity index (χ1v) is 33.8. The molecule has 516 valence electrons. The van der Waals surface area contributed by atoms with Crippen molar-refractivity contribution in [3.05, 3.63) is 106 Å². The van der Waals surface area contributed by atoms with Crippen molar-refractivity contribution < 1.29 is 13.9 Å². The monoisotopic (exact) mass is 1380 g/mol. The summed E-state index contributed by atoms with van der Waals surface area (Å²) in [4.78, 5) is 20.5. The highest BCUT2D eigenvalue weighted by molar-refractivity contribution is 6.39. The third kappa shape index (κ3) is 16.2. The molecule has 0 spiro atoms. The van der Waals surface area contributed by atoms with Gasteiger partial charge in [0, 0.05) is 141 Å². The van der Waals surface area contributed by atoms with E-state index in [1.807, 2.05) is 115 Å². The van der Waals surface area contributed by atoms with E-state index in [-0.39, 0.29) is 28.4 Å². The first-order chi connectivity index (χ1) is 45.3. The van der Waals surface area contributed by atoms with Crippen molar-refractivity contribution >= 4 is 85.4 Å². The van der Waals surface area contributed by atoms with Crippen LogP contribution in [0, 0.1) is 0 Å². The van der Waals surface area contributed by atoms with Gasteiger partial charge >= 0.3 is 0 Å². The molecule has 27 heteroatoms. The number of nitrogens with zero attached hydrogens (tertiary/aromatic N) is 21. The van der Waals surface area contributed by atoms with E-state index in [4.69, 9.17) is 50.1 Å². The van der Waals surface area contributed by atoms with E-state index in [1.165, 1.54) is 0 Å². The van der Waals surface area contributed by atoms with E-state index in [0.717, 1.165) is 156 Å². The quantitative estimate of drug-likeness (QED) is 0.102. The third-order valence-electron chi connectivity index (χ3n) is 18.9. The molecule has 96 heavy (non-hydrogen) atoms. The average Bonchev–Trinajstić information content (AvgIpc) is 1.60. The van der Waals surface area contributed by atoms with Crippen LogP contribution in [0.2, 0.25) is 15.1 Å². The van der Waals surface area contributed by atoms with Crippen molar-refractivity contribution in [2.75, 3.05) is 173 Å². The van der Waals surface area contributed by atoms with Crippen LogP contribution in [0.5, 0.6) is 0 Å². The number of hydrogen-bond donors (Lipinski definition) is 1. The Morgan fingerprint density at radius 2 is 0.656 bits per heavy atom. The maximum absolute atomic E-state index is 14.0. The zero-order chi connectivity index (χ0) is 64.1. The molecule has 3 atom stereocenters. The van der Waals surface area contributed by atoms with Gasteiger partial charge < -0.3 is 34.5 Å². The first kappa shape index (κ1) is 71.9. The molecule has 15 rings (SSSR count). The SMILES string of the molecule is C.C.C.CN1CCN(CCn2nc(N3CC[C@@H](F)C3)c3c(Cl)c(-c4ccccc4)nnc32)CC1.CN1CCN(CCn2nc(N3CC[C@@H](F)C3)c3c(Cl)c(-c4ccccc4)nnc32)CC1.CN1CCN(CCn2nc(N3CC[C@@H](O)C3)c3c(Cl)c(-c4ccccc4)nnc32)CC1. The van der Waals surface area contributed by atoms with Gasteiger partial charge in [0.15, 0.2) is 34.4 Å². The van der Waals surface area contributed by atoms with Gasteiger partial charge in [-0.3, -0.25) is 14.7 Å². The van der Waals surface area contributed by atoms with Crippen LogP contribution in [0.3, 0.4) is 0 Å². The highest BCUT2D eigenvalue weighted by Crippen LogP contribution is 2.41. The molecular weight excluding hydrogens is 1280 g/mol. The minimum Gasteiger partial charge on any atom is -0.391 e. The Hall–Kier alpha value is -6.84. The van der Waals surface area contributed by atoms with Gasteiger partial charge in [0.05, 0.1) is 70.1 Å². The Morgan fingerprint density at radius 1 is 0.375 bits per heavy atom. The van der Waals surface area contributed by atoms with Gasteiger partial charge in [0.1, 0.15) is 29.4 Å². The van der Waals surface area contributed by atoms with Crippen molar-refractivity contribution in [1.82, 2.24) is 89.3 Å². The molecule has 0 radical (unpaired) electrons. The average molecular weight is 1380 g/mol. The fourth-order valence-electron chi connectivity index (χ4n) is 13.1. The van der Waals surface area contributed by atoms with Crippen LogP contribution in [-0.4, -0.2) is 271 Å². The van der Waals surface area contributed by atoms with E-state index in [1.54, 1.807) is 0 Å². The van der Waals surface area contributed by atoms with Crippen molar-refractivity contribution in [3.63, 3.8) is 0 Å². The van der Waals surface area contributed by atoms with Gasteiger partial charge in [-0.25, -0.2) is 22.8 Å². The molecule has 0 unspecified atom stereocenters. The van der Waals surface area contributed by atoms with E-state index in [0.29, 0.717) is 119 Å². The molecule has 0 bridgehead atoms. The van der Waals surface area contributed by atoms with Gasteiger partial charge in [0.25, 0.3) is 0 Å². The number of fused-ring (bicyclic) bond motifs is 3. The van der Waals surface area contributed by atoms with Gasteiger partial charge in [-0.2, -0.15) is 15.3 Å². The number of β-amino-alcohol motifs (C(OH)–C–C–N with tert-alkyl or cyclic N) is 1. The second kappa shape index (κ2) is 32.7. The van der Waals surface area contributed by atoms with Crippen LogP contribution in [0.25, 0.3) is 66.9 Å². The number of hydrogen-bond acceptors (Lipinski definition) is 19. The van der Waals surface area contributed by atoms with Gasteiger partial charge in [0.2, 0.25) is 0 Å². The lowest BCUT2D eigenvalue weighted by Gasteiger charge is -2.32. The van der Waals surface area contributed by atoms with Crippen LogP contribution >= 0.6 is 34.8 Å². The molecule has 1 N–H and O–H groups in total. The minimum atomic E-state index is -0.840. The molecule has 6 aromatic heterocycles. The number of rotatable bonds is 15. The van der Waals surface area contributed by atoms with Crippen molar-refractivity contribution in [1.29, 1.82) is 0 Å². The Morgan fingerprint density at radius 3 is 0.917 bits per heavy atom. The molecule has 6 aliphatic heterocycles. The Bertz CT molecular complexity index is 3550. The summed E-state index contributed by atoms with van der Waals surface area (Å²) in [6, 6.07) is 29.4. The first-order valence-electron chi connectivity index (χ1n) is 32.7. The summed E-state index contributed by atoms with van der Waals surface area (Å²) in [7, 11) is 6.47. The van der Waals surface area contributed by atoms with Crippen LogP contribution in [0.4, 0.5) is 26.2 Å². The Labute approximate surface area is 578 Å². The summed E-state index contributed by atoms with van der Waals surface area (Å²) in [6.45, 7) is 20.8. The molecule has 3 aromatic carbocycles. The maximum Gasteiger partial charge on any atom is 0.184 e. The topological polar surface area (TPSA) is 180 Å². The molecule has 6 saturated heterocycles. The molecule has 12 heterocycles. The zero-order valence-corrected chi connectivity index (χ0v) is 55.5. The van der Waals surface area contributed by atoms with Crippen LogP contribution in [0.15, 0.2) is 91.0 Å². The number of likely N-dealkylation sites (N-methyl/N-ethyl adjacent to an activating group) is 3. The highest BCUT2D eigenvalue weighted by atomic mass is 35.5. The summed E-state index contributed by atoms with van der Waals surface area (Å²) in [5, 5.41) is 55.6. The third-order valence-corrected chi connectivity index (χ3v) is 20.0. The van der Waals surface area contributed by atoms with Gasteiger partial charge in [-0.1, -0.05) is 148 Å². The largest absolute Gasteiger partial charge is 0.391 e. The molecule has 0 aliphatic carbocycles. The molecule has 0 amide bonds. The molecule has 0 saturated carbocycles. The lowest BCUT2D eigenvalue weighted by Crippen LogP contribution is -2.45. The summed E-state index contributed by atoms with van der Waals surface area (Å²) in [5.74, 6) is 2.22. The van der Waals surface area contributed by atoms with E-state index in [2.05, 4.69) is 86.0 Å². The molecule has 6 aliphatic rings. The summed E-state index contributed by atoms with van der Waals surface area (Å²) < 4.78 is 33.7. The zero-order valence-electron chi connectivity index (χ0n) is 53.2. The number of anilines is 3. The lowest BCUT2D eigenvalue weighted by atomic mass is 10.1. The summed E-state index contributed by atoms with van der Waals surface area (Å²) in [5.41, 5.74) is 6.69. The molecular formula is C69H94Cl3F2N21O. The number of aliphatic hydroxyl groups excluding tert-OH is 1. The maximum atomic E-state index is 14.0. The molecule has 9 aromatic rings. The van der Waals surface area contributed by atoms with Crippen LogP contribution in [0.1, 0.15) is 41.5 Å². The van der Waals surface area contributed by atoms with Crippen LogP contribution < -0.4 is 14.7 Å². The number of aromatic nitrogens is 12. The number of aliphatic hydroxyl groups is 1. The molecule has 22 nitrogen and oxygen atoms in total. The number of alkyl halides is 2. The summed E-state index contributed by atoms with van der Waals surface area (Å²) >= 11 is 20.7. The van der Waals surface area contributed by atoms with Crippen molar-refractivity contribution in [3.8, 4) is 33.8 Å². The normalized spacial score (nSPS) is 20.1. The molecule has 6 fully saturated rings. The standard InChI is InChI=1S/2C22H27ClFN7.C22H28ClN7O.3CH4/c2*1-28-9-11-29(12-10-28)13-14-31-21-18(22(27-31)30-8-7-17(24)15-30)19(23)20(25-26-21)16-5-3-2-4-6-16;1-27-9-11-28(12-10-27)13-14-30-21-18(22(26-30)29-8-7-17(31)15-29)19(23)20(24-25-21)16-5-3-2-4-6-16;;;/h2*2-6,17H,7-15H2,1H3;2-6,17,31H,7-15H2,1H3;3*1H4/t3*17-;;;/m111.../s1. The van der Waals surface area contributed by atoms with Crippen molar-refractivity contribution in [2.24, 2.45) is 0 Å². The number of halogens is 5. The predicted octanol–water partition coefficient (Wildman–Crippen LogP) is 9.76. The predicted molar refractivity (Wildman–Crippen MR) is 386 cm³/mol. The Balaban J connectivity index is 0.000000154. The minimum absolute atomic E-state index is 0. The highest BCUT2D eigenvalue weighted by Gasteiger charge is 2.33. The van der Waals surface area contributed by atoms with Crippen molar-refractivity contribution in [2.45, 2.75) is 79.6 Å². The number of piperazine rings is 3. The smallest absolute Gasteiger partial charge is 0.184 e. The van der Waals surface area contributed by atoms with Gasteiger partial charge in [-0.15, -0.1) is 30.6 Å². The summed E-state index contributed by atoms with van der Waals surface area (Å²) in [6.07, 6.45) is -0.264. The van der Waals surface area contributed by atoms with E-state index in [9.17, 15) is 13.9 Å². The second-order valence-corrected chi connectivity index (χ2v) is 26.5. The van der Waals surface area contributed by atoms with E-state index >= 15 is 0 Å².